The summed E-state index contributed by atoms with van der Waals surface area (Å²) in [6, 6.07) is 0.931. The van der Waals surface area contributed by atoms with Crippen LogP contribution in [0.25, 0.3) is 4.96 Å². The van der Waals surface area contributed by atoms with Crippen LogP contribution in [0.4, 0.5) is 18.3 Å². The topological polar surface area (TPSA) is 51.2 Å². The summed E-state index contributed by atoms with van der Waals surface area (Å²) >= 11 is 1.50. The predicted molar refractivity (Wildman–Crippen MR) is 97.3 cm³/mol. The molecule has 0 aliphatic carbocycles. The van der Waals surface area contributed by atoms with Crippen LogP contribution < -0.4 is 4.90 Å². The van der Waals surface area contributed by atoms with E-state index >= 15 is 0 Å². The summed E-state index contributed by atoms with van der Waals surface area (Å²) in [4.78, 5) is 7.60. The smallest absolute Gasteiger partial charge is 0.345 e. The monoisotopic (exact) mass is 398 g/mol. The Labute approximate surface area is 158 Å². The minimum Gasteiger partial charge on any atom is -0.345 e. The highest BCUT2D eigenvalue weighted by Crippen LogP contribution is 2.32. The van der Waals surface area contributed by atoms with Crippen LogP contribution in [0.5, 0.6) is 0 Å². The van der Waals surface area contributed by atoms with Crippen molar-refractivity contribution in [1.29, 1.82) is 0 Å². The molecule has 0 N–H and O–H groups in total. The summed E-state index contributed by atoms with van der Waals surface area (Å²) in [5.41, 5.74) is 0.0997. The fourth-order valence-corrected chi connectivity index (χ4v) is 4.13. The Morgan fingerprint density at radius 3 is 2.56 bits per heavy atom. The van der Waals surface area contributed by atoms with Crippen molar-refractivity contribution in [3.8, 4) is 0 Å². The number of piperidine rings is 1. The molecule has 1 aliphatic rings. The minimum atomic E-state index is -4.41. The number of aromatic nitrogens is 5. The van der Waals surface area contributed by atoms with Crippen LogP contribution in [0.2, 0.25) is 0 Å². The van der Waals surface area contributed by atoms with Crippen molar-refractivity contribution < 1.29 is 13.2 Å². The molecule has 1 unspecified atom stereocenters. The number of hydrogen-bond donors (Lipinski definition) is 0. The molecule has 1 fully saturated rings. The van der Waals surface area contributed by atoms with Crippen LogP contribution in [-0.4, -0.2) is 37.5 Å². The first kappa shape index (κ1) is 18.3. The molecule has 0 radical (unpaired) electrons. The highest BCUT2D eigenvalue weighted by molar-refractivity contribution is 7.20. The normalized spacial score (nSPS) is 19.2. The fraction of sp³-hybridized carbons (Fsp3) is 0.588. The molecule has 0 saturated carbocycles. The second kappa shape index (κ2) is 6.22. The van der Waals surface area contributed by atoms with E-state index in [1.807, 2.05) is 6.20 Å². The van der Waals surface area contributed by atoms with Gasteiger partial charge in [-0.15, -0.1) is 5.10 Å². The van der Waals surface area contributed by atoms with Crippen LogP contribution in [0, 0.1) is 0 Å². The van der Waals surface area contributed by atoms with Crippen molar-refractivity contribution in [3.63, 3.8) is 0 Å². The van der Waals surface area contributed by atoms with Gasteiger partial charge in [0.05, 0.1) is 17.9 Å². The summed E-state index contributed by atoms with van der Waals surface area (Å²) < 4.78 is 41.6. The fourth-order valence-electron chi connectivity index (χ4n) is 3.22. The van der Waals surface area contributed by atoms with E-state index in [1.54, 1.807) is 4.52 Å². The zero-order valence-electron chi connectivity index (χ0n) is 15.4. The molecule has 6 nitrogen and oxygen atoms in total. The largest absolute Gasteiger partial charge is 0.435 e. The third-order valence-corrected chi connectivity index (χ3v) is 5.72. The van der Waals surface area contributed by atoms with E-state index in [0.717, 1.165) is 41.2 Å². The van der Waals surface area contributed by atoms with Gasteiger partial charge in [-0.25, -0.2) is 9.50 Å². The molecule has 1 aliphatic heterocycles. The summed E-state index contributed by atoms with van der Waals surface area (Å²) in [5.74, 6) is 0. The predicted octanol–water partition coefficient (Wildman–Crippen LogP) is 4.15. The molecule has 27 heavy (non-hydrogen) atoms. The lowest BCUT2D eigenvalue weighted by atomic mass is 9.93. The average Bonchev–Trinajstić information content (AvgIpc) is 3.27. The van der Waals surface area contributed by atoms with Crippen LogP contribution in [0.15, 0.2) is 18.5 Å². The van der Waals surface area contributed by atoms with Crippen molar-refractivity contribution in [2.45, 2.75) is 51.2 Å². The second-order valence-corrected chi connectivity index (χ2v) is 8.84. The van der Waals surface area contributed by atoms with E-state index in [1.165, 1.54) is 22.2 Å². The Morgan fingerprint density at radius 1 is 1.15 bits per heavy atom. The molecule has 0 amide bonds. The van der Waals surface area contributed by atoms with Gasteiger partial charge in [0.1, 0.15) is 0 Å². The van der Waals surface area contributed by atoms with Gasteiger partial charge in [-0.1, -0.05) is 32.1 Å². The lowest BCUT2D eigenvalue weighted by Crippen LogP contribution is -2.37. The van der Waals surface area contributed by atoms with Gasteiger partial charge in [0, 0.05) is 24.7 Å². The van der Waals surface area contributed by atoms with Crippen molar-refractivity contribution in [3.05, 3.63) is 29.8 Å². The molecule has 0 aromatic carbocycles. The minimum absolute atomic E-state index is 0.0416. The number of anilines is 1. The summed E-state index contributed by atoms with van der Waals surface area (Å²) in [7, 11) is 0. The Hall–Kier alpha value is -2.10. The third-order valence-electron chi connectivity index (χ3n) is 4.74. The SMILES string of the molecule is CC(C)(C)c1cn2nc(N3CCCC(n4ccc(C(F)(F)F)n4)C3)sc2n1. The Kier molecular flexibility index (Phi) is 4.21. The van der Waals surface area contributed by atoms with Gasteiger partial charge in [0.2, 0.25) is 10.1 Å². The molecular weight excluding hydrogens is 377 g/mol. The van der Waals surface area contributed by atoms with Gasteiger partial charge in [-0.2, -0.15) is 18.3 Å². The van der Waals surface area contributed by atoms with Crippen LogP contribution in [0.3, 0.4) is 0 Å². The molecule has 146 valence electrons. The van der Waals surface area contributed by atoms with Crippen LogP contribution in [0.1, 0.15) is 51.0 Å². The van der Waals surface area contributed by atoms with Gasteiger partial charge >= 0.3 is 6.18 Å². The summed E-state index contributed by atoms with van der Waals surface area (Å²) in [6.07, 6.45) is 0.624. The molecule has 0 bridgehead atoms. The van der Waals surface area contributed by atoms with E-state index in [2.05, 4.69) is 40.9 Å². The van der Waals surface area contributed by atoms with Gasteiger partial charge in [-0.3, -0.25) is 4.68 Å². The van der Waals surface area contributed by atoms with E-state index in [9.17, 15) is 13.2 Å². The maximum absolute atomic E-state index is 12.8. The highest BCUT2D eigenvalue weighted by Gasteiger charge is 2.35. The first-order valence-corrected chi connectivity index (χ1v) is 9.67. The quantitative estimate of drug-likeness (QED) is 0.651. The van der Waals surface area contributed by atoms with Crippen molar-refractivity contribution >= 4 is 21.4 Å². The molecule has 0 spiro atoms. The number of alkyl halides is 3. The zero-order valence-corrected chi connectivity index (χ0v) is 16.2. The second-order valence-electron chi connectivity index (χ2n) is 7.91. The lowest BCUT2D eigenvalue weighted by Gasteiger charge is -2.32. The molecule has 1 saturated heterocycles. The van der Waals surface area contributed by atoms with Crippen molar-refractivity contribution in [1.82, 2.24) is 24.4 Å². The molecule has 4 rings (SSSR count). The van der Waals surface area contributed by atoms with Gasteiger partial charge in [0.15, 0.2) is 5.69 Å². The molecule has 3 aromatic rings. The number of halogens is 3. The number of nitrogens with zero attached hydrogens (tertiary/aromatic N) is 6. The maximum Gasteiger partial charge on any atom is 0.435 e. The Morgan fingerprint density at radius 2 is 1.93 bits per heavy atom. The maximum atomic E-state index is 12.8. The van der Waals surface area contributed by atoms with Crippen LogP contribution in [-0.2, 0) is 11.6 Å². The number of fused-ring (bicyclic) bond motifs is 1. The summed E-state index contributed by atoms with van der Waals surface area (Å²) in [5, 5.41) is 9.21. The third kappa shape index (κ3) is 3.54. The first-order valence-electron chi connectivity index (χ1n) is 8.85. The van der Waals surface area contributed by atoms with Gasteiger partial charge < -0.3 is 4.90 Å². The van der Waals surface area contributed by atoms with E-state index in [-0.39, 0.29) is 11.5 Å². The molecule has 4 heterocycles. The highest BCUT2D eigenvalue weighted by atomic mass is 32.1. The van der Waals surface area contributed by atoms with Crippen molar-refractivity contribution in [2.75, 3.05) is 18.0 Å². The van der Waals surface area contributed by atoms with E-state index in [0.29, 0.717) is 6.54 Å². The summed E-state index contributed by atoms with van der Waals surface area (Å²) in [6.45, 7) is 7.73. The van der Waals surface area contributed by atoms with Gasteiger partial charge in [0.25, 0.3) is 0 Å². The lowest BCUT2D eigenvalue weighted by molar-refractivity contribution is -0.141. The standard InChI is InChI=1S/C17H21F3N6S/c1-16(2,3)13-10-26-14(21-13)27-15(23-26)24-7-4-5-11(9-24)25-8-6-12(22-25)17(18,19)20/h6,8,10-11H,4-5,7,9H2,1-3H3. The zero-order chi connectivity index (χ0) is 19.4. The van der Waals surface area contributed by atoms with Crippen LogP contribution >= 0.6 is 11.3 Å². The van der Waals surface area contributed by atoms with Crippen molar-refractivity contribution in [2.24, 2.45) is 0 Å². The molecule has 1 atom stereocenters. The Bertz CT molecular complexity index is 917. The number of rotatable bonds is 2. The average molecular weight is 398 g/mol. The van der Waals surface area contributed by atoms with Gasteiger partial charge in [-0.05, 0) is 18.9 Å². The van der Waals surface area contributed by atoms with E-state index in [4.69, 9.17) is 0 Å². The Balaban J connectivity index is 1.53. The first-order chi connectivity index (χ1) is 12.6. The molecular formula is C17H21F3N6S. The molecule has 3 aromatic heterocycles. The molecule has 10 heteroatoms. The number of hydrogen-bond acceptors (Lipinski definition) is 5. The van der Waals surface area contributed by atoms with E-state index < -0.39 is 11.9 Å². The number of imidazole rings is 1.